The molecular weight excluding hydrogens is 256 g/mol. The highest BCUT2D eigenvalue weighted by Gasteiger charge is 2.16. The molecule has 2 rings (SSSR count). The maximum Gasteiger partial charge on any atom is 0.0408 e. The third-order valence-electron chi connectivity index (χ3n) is 4.02. The average molecular weight is 281 g/mol. The van der Waals surface area contributed by atoms with Gasteiger partial charge in [-0.2, -0.15) is 0 Å². The number of halogens is 1. The van der Waals surface area contributed by atoms with E-state index in [0.717, 1.165) is 23.9 Å². The Kier molecular flexibility index (Phi) is 5.68. The van der Waals surface area contributed by atoms with Crippen LogP contribution in [0.15, 0.2) is 24.3 Å². The van der Waals surface area contributed by atoms with Gasteiger partial charge in [0.05, 0.1) is 0 Å². The summed E-state index contributed by atoms with van der Waals surface area (Å²) in [5, 5.41) is 4.51. The van der Waals surface area contributed by atoms with Crippen molar-refractivity contribution in [3.05, 3.63) is 34.9 Å². The fraction of sp³-hybridized carbons (Fsp3) is 0.625. The van der Waals surface area contributed by atoms with Gasteiger partial charge in [0.1, 0.15) is 0 Å². The van der Waals surface area contributed by atoms with E-state index < -0.39 is 0 Å². The Labute approximate surface area is 122 Å². The van der Waals surface area contributed by atoms with Crippen molar-refractivity contribution in [3.63, 3.8) is 0 Å². The van der Waals surface area contributed by atoms with Crippen molar-refractivity contribution in [2.75, 3.05) is 26.7 Å². The molecule has 19 heavy (non-hydrogen) atoms. The molecule has 1 unspecified atom stereocenters. The highest BCUT2D eigenvalue weighted by molar-refractivity contribution is 6.30. The highest BCUT2D eigenvalue weighted by Crippen LogP contribution is 2.16. The van der Waals surface area contributed by atoms with Crippen LogP contribution in [0.3, 0.4) is 0 Å². The summed E-state index contributed by atoms with van der Waals surface area (Å²) in [6, 6.07) is 8.69. The van der Waals surface area contributed by atoms with Crippen molar-refractivity contribution in [1.29, 1.82) is 0 Å². The Balaban J connectivity index is 1.71. The molecule has 1 aliphatic rings. The summed E-state index contributed by atoms with van der Waals surface area (Å²) in [7, 11) is 2.21. The van der Waals surface area contributed by atoms with E-state index in [4.69, 9.17) is 11.6 Å². The lowest BCUT2D eigenvalue weighted by atomic mass is 9.96. The van der Waals surface area contributed by atoms with Crippen molar-refractivity contribution in [3.8, 4) is 0 Å². The van der Waals surface area contributed by atoms with Gasteiger partial charge in [-0.1, -0.05) is 23.7 Å². The summed E-state index contributed by atoms with van der Waals surface area (Å²) in [6.07, 6.45) is 3.70. The first-order valence-corrected chi connectivity index (χ1v) is 7.67. The summed E-state index contributed by atoms with van der Waals surface area (Å²) < 4.78 is 0. The maximum absolute atomic E-state index is 6.02. The Morgan fingerprint density at radius 2 is 2.11 bits per heavy atom. The first kappa shape index (κ1) is 14.8. The van der Waals surface area contributed by atoms with E-state index in [1.165, 1.54) is 31.5 Å². The molecule has 1 atom stereocenters. The number of piperidine rings is 1. The smallest absolute Gasteiger partial charge is 0.0408 e. The molecule has 1 saturated heterocycles. The minimum atomic E-state index is 0.512. The van der Waals surface area contributed by atoms with E-state index in [2.05, 4.69) is 36.3 Å². The molecule has 1 aliphatic heterocycles. The highest BCUT2D eigenvalue weighted by atomic mass is 35.5. The van der Waals surface area contributed by atoms with E-state index in [-0.39, 0.29) is 0 Å². The number of benzene rings is 1. The molecule has 1 fully saturated rings. The van der Waals surface area contributed by atoms with Crippen LogP contribution in [0, 0.1) is 5.92 Å². The lowest BCUT2D eigenvalue weighted by Gasteiger charge is -2.30. The summed E-state index contributed by atoms with van der Waals surface area (Å²) in [5.74, 6) is 0.845. The Morgan fingerprint density at radius 1 is 1.37 bits per heavy atom. The summed E-state index contributed by atoms with van der Waals surface area (Å²) >= 11 is 6.02. The second kappa shape index (κ2) is 7.28. The van der Waals surface area contributed by atoms with Crippen LogP contribution in [-0.4, -0.2) is 37.6 Å². The lowest BCUT2D eigenvalue weighted by molar-refractivity contribution is 0.213. The predicted molar refractivity (Wildman–Crippen MR) is 82.8 cm³/mol. The monoisotopic (exact) mass is 280 g/mol. The van der Waals surface area contributed by atoms with Gasteiger partial charge in [-0.15, -0.1) is 0 Å². The summed E-state index contributed by atoms with van der Waals surface area (Å²) in [5.41, 5.74) is 1.32. The Morgan fingerprint density at radius 3 is 2.79 bits per heavy atom. The standard InChI is InChI=1S/C16H25ClN2/c1-13(10-15-4-3-5-16(17)11-15)18-12-14-6-8-19(2)9-7-14/h3-5,11,13-14,18H,6-10,12H2,1-2H3. The van der Waals surface area contributed by atoms with Gasteiger partial charge in [0, 0.05) is 11.1 Å². The second-order valence-corrected chi connectivity index (χ2v) is 6.33. The van der Waals surface area contributed by atoms with Crippen molar-refractivity contribution >= 4 is 11.6 Å². The molecule has 1 aromatic carbocycles. The van der Waals surface area contributed by atoms with Crippen molar-refractivity contribution < 1.29 is 0 Å². The Bertz CT molecular complexity index is 386. The normalized spacial score (nSPS) is 19.5. The molecule has 1 heterocycles. The lowest BCUT2D eigenvalue weighted by Crippen LogP contribution is -2.38. The van der Waals surface area contributed by atoms with E-state index in [9.17, 15) is 0 Å². The molecule has 3 heteroatoms. The number of nitrogens with zero attached hydrogens (tertiary/aromatic N) is 1. The van der Waals surface area contributed by atoms with Gasteiger partial charge in [0.15, 0.2) is 0 Å². The second-order valence-electron chi connectivity index (χ2n) is 5.89. The van der Waals surface area contributed by atoms with Crippen LogP contribution in [0.4, 0.5) is 0 Å². The van der Waals surface area contributed by atoms with E-state index in [1.807, 2.05) is 12.1 Å². The molecule has 0 aliphatic carbocycles. The zero-order valence-electron chi connectivity index (χ0n) is 12.0. The van der Waals surface area contributed by atoms with Gasteiger partial charge < -0.3 is 10.2 Å². The SMILES string of the molecule is CC(Cc1cccc(Cl)c1)NCC1CCN(C)CC1. The molecule has 1 aromatic rings. The first-order valence-electron chi connectivity index (χ1n) is 7.30. The number of hydrogen-bond acceptors (Lipinski definition) is 2. The molecule has 0 saturated carbocycles. The first-order chi connectivity index (χ1) is 9.13. The number of rotatable bonds is 5. The summed E-state index contributed by atoms with van der Waals surface area (Å²) in [4.78, 5) is 2.42. The molecular formula is C16H25ClN2. The average Bonchev–Trinajstić information content (AvgIpc) is 2.38. The van der Waals surface area contributed by atoms with E-state index in [0.29, 0.717) is 6.04 Å². The minimum absolute atomic E-state index is 0.512. The molecule has 106 valence electrons. The van der Waals surface area contributed by atoms with Crippen LogP contribution >= 0.6 is 11.6 Å². The molecule has 0 spiro atoms. The largest absolute Gasteiger partial charge is 0.314 e. The molecule has 0 radical (unpaired) electrons. The molecule has 2 nitrogen and oxygen atoms in total. The van der Waals surface area contributed by atoms with E-state index >= 15 is 0 Å². The van der Waals surface area contributed by atoms with Gasteiger partial charge in [-0.3, -0.25) is 0 Å². The number of hydrogen-bond donors (Lipinski definition) is 1. The summed E-state index contributed by atoms with van der Waals surface area (Å²) in [6.45, 7) is 5.90. The van der Waals surface area contributed by atoms with Crippen LogP contribution in [0.2, 0.25) is 5.02 Å². The fourth-order valence-corrected chi connectivity index (χ4v) is 2.94. The molecule has 0 aromatic heterocycles. The van der Waals surface area contributed by atoms with Gasteiger partial charge >= 0.3 is 0 Å². The zero-order chi connectivity index (χ0) is 13.7. The van der Waals surface area contributed by atoms with Gasteiger partial charge in [-0.25, -0.2) is 0 Å². The third kappa shape index (κ3) is 5.13. The van der Waals surface area contributed by atoms with Crippen LogP contribution in [-0.2, 0) is 6.42 Å². The van der Waals surface area contributed by atoms with Gasteiger partial charge in [-0.05, 0) is 76.5 Å². The van der Waals surface area contributed by atoms with Gasteiger partial charge in [0.2, 0.25) is 0 Å². The predicted octanol–water partition coefficient (Wildman–Crippen LogP) is 3.20. The quantitative estimate of drug-likeness (QED) is 0.891. The Hall–Kier alpha value is -0.570. The maximum atomic E-state index is 6.02. The fourth-order valence-electron chi connectivity index (χ4n) is 2.72. The van der Waals surface area contributed by atoms with E-state index in [1.54, 1.807) is 0 Å². The zero-order valence-corrected chi connectivity index (χ0v) is 12.8. The third-order valence-corrected chi connectivity index (χ3v) is 4.26. The van der Waals surface area contributed by atoms with Crippen LogP contribution in [0.1, 0.15) is 25.3 Å². The topological polar surface area (TPSA) is 15.3 Å². The molecule has 1 N–H and O–H groups in total. The molecule has 0 amide bonds. The minimum Gasteiger partial charge on any atom is -0.314 e. The van der Waals surface area contributed by atoms with Crippen molar-refractivity contribution in [1.82, 2.24) is 10.2 Å². The van der Waals surface area contributed by atoms with Crippen molar-refractivity contribution in [2.24, 2.45) is 5.92 Å². The van der Waals surface area contributed by atoms with Crippen LogP contribution in [0.25, 0.3) is 0 Å². The number of likely N-dealkylation sites (tertiary alicyclic amines) is 1. The molecule has 0 bridgehead atoms. The van der Waals surface area contributed by atoms with Crippen LogP contribution < -0.4 is 5.32 Å². The van der Waals surface area contributed by atoms with Crippen molar-refractivity contribution in [2.45, 2.75) is 32.2 Å². The van der Waals surface area contributed by atoms with Crippen LogP contribution in [0.5, 0.6) is 0 Å². The number of nitrogens with one attached hydrogen (secondary N) is 1. The van der Waals surface area contributed by atoms with Gasteiger partial charge in [0.25, 0.3) is 0 Å².